The van der Waals surface area contributed by atoms with Crippen molar-refractivity contribution in [2.75, 3.05) is 6.61 Å². The van der Waals surface area contributed by atoms with Gasteiger partial charge in [-0.15, -0.1) is 11.3 Å². The Labute approximate surface area is 129 Å². The van der Waals surface area contributed by atoms with Crippen LogP contribution >= 0.6 is 11.3 Å². The monoisotopic (exact) mass is 306 g/mol. The number of fused-ring (bicyclic) bond motifs is 1. The summed E-state index contributed by atoms with van der Waals surface area (Å²) < 4.78 is 13.0. The lowest BCUT2D eigenvalue weighted by Gasteiger charge is -2.26. The van der Waals surface area contributed by atoms with Crippen molar-refractivity contribution in [2.24, 2.45) is 0 Å². The summed E-state index contributed by atoms with van der Waals surface area (Å²) in [7, 11) is 0. The lowest BCUT2D eigenvalue weighted by Crippen LogP contribution is -2.34. The van der Waals surface area contributed by atoms with E-state index in [0.29, 0.717) is 13.0 Å². The molecule has 2 aromatic rings. The summed E-state index contributed by atoms with van der Waals surface area (Å²) in [5.41, 5.74) is 0. The molecule has 1 aromatic carbocycles. The van der Waals surface area contributed by atoms with Crippen LogP contribution in [-0.2, 0) is 15.9 Å². The molecule has 0 radical (unpaired) electrons. The zero-order valence-corrected chi connectivity index (χ0v) is 13.4. The lowest BCUT2D eigenvalue weighted by atomic mass is 10.1. The second kappa shape index (κ2) is 6.05. The Morgan fingerprint density at radius 1 is 1.33 bits per heavy atom. The molecule has 0 amide bonds. The Morgan fingerprint density at radius 3 is 2.76 bits per heavy atom. The molecule has 1 aliphatic heterocycles. The smallest absolute Gasteiger partial charge is 0.168 e. The highest BCUT2D eigenvalue weighted by Gasteiger charge is 2.41. The third kappa shape index (κ3) is 2.99. The van der Waals surface area contributed by atoms with Crippen molar-refractivity contribution in [2.45, 2.75) is 51.1 Å². The Morgan fingerprint density at radius 2 is 2.10 bits per heavy atom. The SMILES string of the molecule is CCC1(CC)OC[C@H]([C@H](O)Cc2cc3ccccc3s2)O1. The average molecular weight is 306 g/mol. The minimum atomic E-state index is -0.516. The van der Waals surface area contributed by atoms with E-state index >= 15 is 0 Å². The van der Waals surface area contributed by atoms with E-state index in [9.17, 15) is 5.11 Å². The summed E-state index contributed by atoms with van der Waals surface area (Å²) in [4.78, 5) is 1.19. The third-order valence-electron chi connectivity index (χ3n) is 4.27. The average Bonchev–Trinajstić information content (AvgIpc) is 3.11. The molecule has 0 bridgehead atoms. The highest BCUT2D eigenvalue weighted by molar-refractivity contribution is 7.19. The molecule has 3 rings (SSSR count). The van der Waals surface area contributed by atoms with E-state index in [1.54, 1.807) is 11.3 Å². The fourth-order valence-electron chi connectivity index (χ4n) is 2.86. The fraction of sp³-hybridized carbons (Fsp3) is 0.529. The number of ether oxygens (including phenoxy) is 2. The minimum absolute atomic E-state index is 0.227. The van der Waals surface area contributed by atoms with E-state index in [4.69, 9.17) is 9.47 Å². The maximum Gasteiger partial charge on any atom is 0.168 e. The van der Waals surface area contributed by atoms with Gasteiger partial charge in [-0.3, -0.25) is 0 Å². The van der Waals surface area contributed by atoms with Crippen molar-refractivity contribution in [1.82, 2.24) is 0 Å². The number of thiophene rings is 1. The van der Waals surface area contributed by atoms with Crippen LogP contribution < -0.4 is 0 Å². The zero-order chi connectivity index (χ0) is 14.9. The number of rotatable bonds is 5. The Bertz CT molecular complexity index is 570. The van der Waals surface area contributed by atoms with Crippen LogP contribution in [-0.4, -0.2) is 29.7 Å². The zero-order valence-electron chi connectivity index (χ0n) is 12.5. The van der Waals surface area contributed by atoms with E-state index in [2.05, 4.69) is 32.0 Å². The molecule has 21 heavy (non-hydrogen) atoms. The normalized spacial score (nSPS) is 22.7. The fourth-order valence-corrected chi connectivity index (χ4v) is 3.98. The molecular weight excluding hydrogens is 284 g/mol. The molecule has 0 spiro atoms. The van der Waals surface area contributed by atoms with Gasteiger partial charge >= 0.3 is 0 Å². The maximum absolute atomic E-state index is 10.5. The van der Waals surface area contributed by atoms with Gasteiger partial charge in [-0.1, -0.05) is 32.0 Å². The molecular formula is C17H22O3S. The molecule has 0 saturated carbocycles. The van der Waals surface area contributed by atoms with Gasteiger partial charge in [-0.05, 0) is 30.4 Å². The quantitative estimate of drug-likeness (QED) is 0.914. The van der Waals surface area contributed by atoms with Crippen molar-refractivity contribution >= 4 is 21.4 Å². The predicted molar refractivity (Wildman–Crippen MR) is 85.7 cm³/mol. The van der Waals surface area contributed by atoms with Gasteiger partial charge in [0, 0.05) is 16.0 Å². The molecule has 2 heterocycles. The standard InChI is InChI=1S/C17H22O3S/c1-3-17(4-2)19-11-15(20-17)14(18)10-13-9-12-7-5-6-8-16(12)21-13/h5-9,14-15,18H,3-4,10-11H2,1-2H3/t14-,15-/m1/s1. The first-order valence-electron chi connectivity index (χ1n) is 7.63. The minimum Gasteiger partial charge on any atom is -0.390 e. The molecule has 1 N–H and O–H groups in total. The van der Waals surface area contributed by atoms with Gasteiger partial charge < -0.3 is 14.6 Å². The molecule has 0 unspecified atom stereocenters. The number of benzene rings is 1. The van der Waals surface area contributed by atoms with Crippen molar-refractivity contribution in [1.29, 1.82) is 0 Å². The van der Waals surface area contributed by atoms with Crippen LogP contribution in [0, 0.1) is 0 Å². The van der Waals surface area contributed by atoms with Crippen molar-refractivity contribution in [3.63, 3.8) is 0 Å². The van der Waals surface area contributed by atoms with E-state index in [-0.39, 0.29) is 6.10 Å². The van der Waals surface area contributed by atoms with Crippen LogP contribution in [0.25, 0.3) is 10.1 Å². The van der Waals surface area contributed by atoms with E-state index < -0.39 is 11.9 Å². The molecule has 1 saturated heterocycles. The van der Waals surface area contributed by atoms with Crippen LogP contribution in [0.15, 0.2) is 30.3 Å². The van der Waals surface area contributed by atoms with Crippen LogP contribution in [0.4, 0.5) is 0 Å². The van der Waals surface area contributed by atoms with Gasteiger partial charge in [0.2, 0.25) is 0 Å². The molecule has 1 aromatic heterocycles. The van der Waals surface area contributed by atoms with Gasteiger partial charge in [0.15, 0.2) is 5.79 Å². The van der Waals surface area contributed by atoms with Crippen LogP contribution in [0.1, 0.15) is 31.6 Å². The van der Waals surface area contributed by atoms with Gasteiger partial charge in [-0.25, -0.2) is 0 Å². The molecule has 1 aliphatic rings. The number of aliphatic hydroxyl groups excluding tert-OH is 1. The highest BCUT2D eigenvalue weighted by Crippen LogP contribution is 2.33. The first kappa shape index (κ1) is 15.0. The summed E-state index contributed by atoms with van der Waals surface area (Å²) >= 11 is 1.74. The summed E-state index contributed by atoms with van der Waals surface area (Å²) in [5.74, 6) is -0.494. The van der Waals surface area contributed by atoms with E-state index in [1.165, 1.54) is 15.0 Å². The molecule has 1 fully saturated rings. The maximum atomic E-state index is 10.5. The number of hydrogen-bond acceptors (Lipinski definition) is 4. The second-order valence-corrected chi connectivity index (χ2v) is 6.78. The molecule has 2 atom stereocenters. The second-order valence-electron chi connectivity index (χ2n) is 5.61. The van der Waals surface area contributed by atoms with Crippen LogP contribution in [0.3, 0.4) is 0 Å². The summed E-state index contributed by atoms with van der Waals surface area (Å²) in [6.45, 7) is 4.60. The van der Waals surface area contributed by atoms with E-state index in [0.717, 1.165) is 12.8 Å². The summed E-state index contributed by atoms with van der Waals surface area (Å²) in [6.07, 6.45) is 1.51. The summed E-state index contributed by atoms with van der Waals surface area (Å²) in [5, 5.41) is 11.7. The molecule has 0 aliphatic carbocycles. The largest absolute Gasteiger partial charge is 0.390 e. The Hall–Kier alpha value is -0.940. The summed E-state index contributed by atoms with van der Waals surface area (Å²) in [6, 6.07) is 10.5. The first-order valence-corrected chi connectivity index (χ1v) is 8.44. The van der Waals surface area contributed by atoms with Crippen molar-refractivity contribution in [3.8, 4) is 0 Å². The first-order chi connectivity index (χ1) is 10.2. The highest BCUT2D eigenvalue weighted by atomic mass is 32.1. The van der Waals surface area contributed by atoms with Crippen molar-refractivity contribution < 1.29 is 14.6 Å². The van der Waals surface area contributed by atoms with Crippen LogP contribution in [0.5, 0.6) is 0 Å². The Balaban J connectivity index is 1.68. The predicted octanol–water partition coefficient (Wildman–Crippen LogP) is 3.74. The van der Waals surface area contributed by atoms with E-state index in [1.807, 2.05) is 12.1 Å². The lowest BCUT2D eigenvalue weighted by molar-refractivity contribution is -0.181. The third-order valence-corrected chi connectivity index (χ3v) is 5.41. The van der Waals surface area contributed by atoms with Crippen molar-refractivity contribution in [3.05, 3.63) is 35.2 Å². The van der Waals surface area contributed by atoms with Gasteiger partial charge in [-0.2, -0.15) is 0 Å². The number of hydrogen-bond donors (Lipinski definition) is 1. The van der Waals surface area contributed by atoms with Gasteiger partial charge in [0.1, 0.15) is 6.10 Å². The van der Waals surface area contributed by atoms with Crippen LogP contribution in [0.2, 0.25) is 0 Å². The molecule has 3 nitrogen and oxygen atoms in total. The van der Waals surface area contributed by atoms with Gasteiger partial charge in [0.25, 0.3) is 0 Å². The molecule has 4 heteroatoms. The topological polar surface area (TPSA) is 38.7 Å². The molecule has 114 valence electrons. The Kier molecular flexibility index (Phi) is 4.31. The number of aliphatic hydroxyl groups is 1. The van der Waals surface area contributed by atoms with Gasteiger partial charge in [0.05, 0.1) is 12.7 Å².